The molecule has 1 heterocycles. The maximum Gasteiger partial charge on any atom is 0.420 e. The van der Waals surface area contributed by atoms with E-state index in [-0.39, 0.29) is 0 Å². The highest BCUT2D eigenvalue weighted by Crippen LogP contribution is 2.14. The second kappa shape index (κ2) is 3.46. The number of oxazole rings is 1. The van der Waals surface area contributed by atoms with Gasteiger partial charge in [0.1, 0.15) is 0 Å². The molecular weight excluding hydrogens is 192 g/mol. The predicted molar refractivity (Wildman–Crippen MR) is 55.4 cm³/mol. The summed E-state index contributed by atoms with van der Waals surface area (Å²) in [6.45, 7) is 3.96. The number of allylic oxidation sites excluding steroid dienone is 1. The van der Waals surface area contributed by atoms with E-state index in [1.54, 1.807) is 24.3 Å². The lowest BCUT2D eigenvalue weighted by Crippen LogP contribution is -2.12. The average Bonchev–Trinajstić information content (AvgIpc) is 2.55. The normalized spacial score (nSPS) is 10.1. The Hall–Kier alpha value is -2.28. The van der Waals surface area contributed by atoms with Crippen LogP contribution in [-0.4, -0.2) is 4.57 Å². The van der Waals surface area contributed by atoms with Crippen molar-refractivity contribution in [1.29, 1.82) is 5.26 Å². The molecule has 74 valence electrons. The Balaban J connectivity index is 2.75. The smallest absolute Gasteiger partial charge is 0.408 e. The van der Waals surface area contributed by atoms with E-state index in [0.29, 0.717) is 23.2 Å². The molecule has 0 N–H and O–H groups in total. The van der Waals surface area contributed by atoms with Gasteiger partial charge in [0, 0.05) is 12.6 Å². The van der Waals surface area contributed by atoms with Crippen LogP contribution in [0, 0.1) is 11.3 Å². The van der Waals surface area contributed by atoms with E-state index >= 15 is 0 Å². The minimum absolute atomic E-state index is 0.401. The topological polar surface area (TPSA) is 58.9 Å². The molecule has 2 rings (SSSR count). The van der Waals surface area contributed by atoms with Gasteiger partial charge in [-0.3, -0.25) is 4.57 Å². The van der Waals surface area contributed by atoms with Crippen LogP contribution >= 0.6 is 0 Å². The molecule has 4 nitrogen and oxygen atoms in total. The van der Waals surface area contributed by atoms with Gasteiger partial charge in [0.05, 0.1) is 17.1 Å². The van der Waals surface area contributed by atoms with Gasteiger partial charge in [-0.05, 0) is 12.1 Å². The van der Waals surface area contributed by atoms with Crippen molar-refractivity contribution in [2.24, 2.45) is 0 Å². The summed E-state index contributed by atoms with van der Waals surface area (Å²) in [6.07, 6.45) is 1.62. The van der Waals surface area contributed by atoms with Crippen LogP contribution in [0.2, 0.25) is 0 Å². The molecule has 0 radical (unpaired) electrons. The Kier molecular flexibility index (Phi) is 2.14. The molecule has 0 unspecified atom stereocenters. The second-order valence-electron chi connectivity index (χ2n) is 3.06. The first-order valence-corrected chi connectivity index (χ1v) is 4.40. The zero-order valence-corrected chi connectivity index (χ0v) is 7.93. The lowest BCUT2D eigenvalue weighted by atomic mass is 10.2. The fourth-order valence-electron chi connectivity index (χ4n) is 1.44. The monoisotopic (exact) mass is 200 g/mol. The predicted octanol–water partition coefficient (Wildman–Crippen LogP) is 1.65. The van der Waals surface area contributed by atoms with Crippen molar-refractivity contribution in [3.63, 3.8) is 0 Å². The SMILES string of the molecule is C=CCn1c(=O)oc2cc(C#N)ccc21. The highest BCUT2D eigenvalue weighted by molar-refractivity contribution is 5.74. The molecule has 1 aromatic carbocycles. The summed E-state index contributed by atoms with van der Waals surface area (Å²) in [5.41, 5.74) is 1.59. The number of aromatic nitrogens is 1. The van der Waals surface area contributed by atoms with Crippen molar-refractivity contribution in [2.75, 3.05) is 0 Å². The van der Waals surface area contributed by atoms with E-state index in [0.717, 1.165) is 0 Å². The number of hydrogen-bond acceptors (Lipinski definition) is 3. The Morgan fingerprint density at radius 2 is 2.40 bits per heavy atom. The molecule has 15 heavy (non-hydrogen) atoms. The van der Waals surface area contributed by atoms with E-state index in [4.69, 9.17) is 9.68 Å². The van der Waals surface area contributed by atoms with Gasteiger partial charge in [0.15, 0.2) is 5.58 Å². The zero-order chi connectivity index (χ0) is 10.8. The second-order valence-corrected chi connectivity index (χ2v) is 3.06. The lowest BCUT2D eigenvalue weighted by Gasteiger charge is -1.95. The summed E-state index contributed by atoms with van der Waals surface area (Å²) in [5.74, 6) is -0.431. The molecule has 0 aliphatic rings. The number of benzene rings is 1. The van der Waals surface area contributed by atoms with Gasteiger partial charge in [-0.2, -0.15) is 5.26 Å². The Bertz CT molecular complexity index is 614. The molecule has 0 saturated carbocycles. The summed E-state index contributed by atoms with van der Waals surface area (Å²) in [4.78, 5) is 11.4. The molecule has 4 heteroatoms. The van der Waals surface area contributed by atoms with Crippen LogP contribution in [0.5, 0.6) is 0 Å². The first kappa shape index (κ1) is 9.28. The molecule has 2 aromatic rings. The zero-order valence-electron chi connectivity index (χ0n) is 7.93. The number of rotatable bonds is 2. The average molecular weight is 200 g/mol. The van der Waals surface area contributed by atoms with E-state index in [9.17, 15) is 4.79 Å². The Labute approximate surface area is 85.7 Å². The van der Waals surface area contributed by atoms with E-state index in [2.05, 4.69) is 6.58 Å². The van der Waals surface area contributed by atoms with Gasteiger partial charge in [-0.1, -0.05) is 6.08 Å². The largest absolute Gasteiger partial charge is 0.420 e. The minimum Gasteiger partial charge on any atom is -0.408 e. The summed E-state index contributed by atoms with van der Waals surface area (Å²) in [5, 5.41) is 8.68. The van der Waals surface area contributed by atoms with Crippen LogP contribution in [0.15, 0.2) is 40.1 Å². The first-order valence-electron chi connectivity index (χ1n) is 4.40. The fraction of sp³-hybridized carbons (Fsp3) is 0.0909. The molecule has 1 aromatic heterocycles. The van der Waals surface area contributed by atoms with Crippen molar-refractivity contribution >= 4 is 11.1 Å². The molecule has 0 aliphatic heterocycles. The van der Waals surface area contributed by atoms with Gasteiger partial charge < -0.3 is 4.42 Å². The minimum atomic E-state index is -0.431. The third-order valence-electron chi connectivity index (χ3n) is 2.11. The number of hydrogen-bond donors (Lipinski definition) is 0. The molecule has 0 saturated heterocycles. The molecule has 0 bridgehead atoms. The summed E-state index contributed by atoms with van der Waals surface area (Å²) in [6, 6.07) is 6.89. The van der Waals surface area contributed by atoms with Gasteiger partial charge in [0.2, 0.25) is 0 Å². The van der Waals surface area contributed by atoms with E-state index in [1.165, 1.54) is 4.57 Å². The molecule has 0 spiro atoms. The molecule has 0 atom stereocenters. The van der Waals surface area contributed by atoms with Crippen molar-refractivity contribution in [3.8, 4) is 6.07 Å². The Morgan fingerprint density at radius 1 is 1.60 bits per heavy atom. The highest BCUT2D eigenvalue weighted by atomic mass is 16.4. The van der Waals surface area contributed by atoms with Crippen molar-refractivity contribution < 1.29 is 4.42 Å². The maximum absolute atomic E-state index is 11.4. The number of fused-ring (bicyclic) bond motifs is 1. The quantitative estimate of drug-likeness (QED) is 0.692. The number of nitrogens with zero attached hydrogens (tertiary/aromatic N) is 2. The Morgan fingerprint density at radius 3 is 3.07 bits per heavy atom. The third-order valence-corrected chi connectivity index (χ3v) is 2.11. The summed E-state index contributed by atoms with van der Waals surface area (Å²) < 4.78 is 6.46. The summed E-state index contributed by atoms with van der Waals surface area (Å²) in [7, 11) is 0. The van der Waals surface area contributed by atoms with Crippen LogP contribution < -0.4 is 5.76 Å². The third kappa shape index (κ3) is 1.44. The lowest BCUT2D eigenvalue weighted by molar-refractivity contribution is 0.520. The maximum atomic E-state index is 11.4. The molecule has 0 aliphatic carbocycles. The van der Waals surface area contributed by atoms with Crippen LogP contribution in [0.1, 0.15) is 5.56 Å². The van der Waals surface area contributed by atoms with Gasteiger partial charge in [0.25, 0.3) is 0 Å². The summed E-state index contributed by atoms with van der Waals surface area (Å²) >= 11 is 0. The van der Waals surface area contributed by atoms with Crippen LogP contribution in [0.4, 0.5) is 0 Å². The van der Waals surface area contributed by atoms with Gasteiger partial charge in [-0.25, -0.2) is 4.79 Å². The van der Waals surface area contributed by atoms with Crippen molar-refractivity contribution in [1.82, 2.24) is 4.57 Å². The van der Waals surface area contributed by atoms with Crippen molar-refractivity contribution in [3.05, 3.63) is 47.0 Å². The van der Waals surface area contributed by atoms with E-state index < -0.39 is 5.76 Å². The van der Waals surface area contributed by atoms with Crippen molar-refractivity contribution in [2.45, 2.75) is 6.54 Å². The standard InChI is InChI=1S/C11H8N2O2/c1-2-5-13-9-4-3-8(7-12)6-10(9)15-11(13)14/h2-4,6H,1,5H2. The van der Waals surface area contributed by atoms with E-state index in [1.807, 2.05) is 6.07 Å². The first-order chi connectivity index (χ1) is 7.26. The van der Waals surface area contributed by atoms with Crippen LogP contribution in [0.25, 0.3) is 11.1 Å². The molecular formula is C11H8N2O2. The highest BCUT2D eigenvalue weighted by Gasteiger charge is 2.07. The fourth-order valence-corrected chi connectivity index (χ4v) is 1.44. The van der Waals surface area contributed by atoms with Crippen LogP contribution in [0.3, 0.4) is 0 Å². The molecule has 0 amide bonds. The molecule has 0 fully saturated rings. The van der Waals surface area contributed by atoms with Crippen LogP contribution in [-0.2, 0) is 6.54 Å². The van der Waals surface area contributed by atoms with Gasteiger partial charge in [-0.15, -0.1) is 6.58 Å². The number of nitriles is 1. The van der Waals surface area contributed by atoms with Gasteiger partial charge >= 0.3 is 5.76 Å².